The predicted molar refractivity (Wildman–Crippen MR) is 73.7 cm³/mol. The molecule has 0 aliphatic heterocycles. The maximum Gasteiger partial charge on any atom is 0.360 e. The van der Waals surface area contributed by atoms with Crippen LogP contribution >= 0.6 is 0 Å². The van der Waals surface area contributed by atoms with Crippen LogP contribution in [0.3, 0.4) is 0 Å². The second-order valence-corrected chi connectivity index (χ2v) is 4.77. The first kappa shape index (κ1) is 14.5. The Hall–Kier alpha value is -1.95. The normalized spacial score (nSPS) is 11.2. The average Bonchev–Trinajstić information content (AvgIpc) is 2.82. The van der Waals surface area contributed by atoms with Gasteiger partial charge in [-0.15, -0.1) is 0 Å². The number of hydrogen-bond acceptors (Lipinski definition) is 5. The monoisotopic (exact) mass is 277 g/mol. The maximum atomic E-state index is 11.9. The fraction of sp³-hybridized carbons (Fsp3) is 0.500. The van der Waals surface area contributed by atoms with E-state index in [0.29, 0.717) is 18.9 Å². The SMILES string of the molecule is CCOC(=O)c1ncn2c(C(C)C)cc(COC)nc12. The van der Waals surface area contributed by atoms with Crippen molar-refractivity contribution < 1.29 is 14.3 Å². The van der Waals surface area contributed by atoms with Crippen LogP contribution in [0.15, 0.2) is 12.4 Å². The summed E-state index contributed by atoms with van der Waals surface area (Å²) in [7, 11) is 1.61. The fourth-order valence-corrected chi connectivity index (χ4v) is 2.06. The number of esters is 1. The van der Waals surface area contributed by atoms with E-state index in [-0.39, 0.29) is 11.6 Å². The molecule has 0 spiro atoms. The second kappa shape index (κ2) is 6.00. The van der Waals surface area contributed by atoms with Crippen molar-refractivity contribution in [2.24, 2.45) is 0 Å². The van der Waals surface area contributed by atoms with Gasteiger partial charge < -0.3 is 9.47 Å². The summed E-state index contributed by atoms with van der Waals surface area (Å²) >= 11 is 0. The zero-order valence-electron chi connectivity index (χ0n) is 12.2. The van der Waals surface area contributed by atoms with Crippen LogP contribution < -0.4 is 0 Å². The first-order chi connectivity index (χ1) is 9.58. The summed E-state index contributed by atoms with van der Waals surface area (Å²) in [6.07, 6.45) is 1.61. The standard InChI is InChI=1S/C14H19N3O3/c1-5-20-14(18)12-13-16-10(7-19-4)6-11(9(2)3)17(13)8-15-12/h6,8-9H,5,7H2,1-4H3. The summed E-state index contributed by atoms with van der Waals surface area (Å²) in [4.78, 5) is 20.5. The summed E-state index contributed by atoms with van der Waals surface area (Å²) < 4.78 is 12.0. The minimum absolute atomic E-state index is 0.242. The smallest absolute Gasteiger partial charge is 0.360 e. The number of imidazole rings is 1. The van der Waals surface area contributed by atoms with Gasteiger partial charge >= 0.3 is 5.97 Å². The molecular weight excluding hydrogens is 258 g/mol. The van der Waals surface area contributed by atoms with E-state index in [0.717, 1.165) is 11.4 Å². The van der Waals surface area contributed by atoms with E-state index in [1.54, 1.807) is 20.4 Å². The van der Waals surface area contributed by atoms with Crippen LogP contribution in [0.5, 0.6) is 0 Å². The highest BCUT2D eigenvalue weighted by molar-refractivity contribution is 5.93. The Morgan fingerprint density at radius 3 is 2.80 bits per heavy atom. The molecule has 0 bridgehead atoms. The van der Waals surface area contributed by atoms with Gasteiger partial charge in [-0.25, -0.2) is 14.8 Å². The Balaban J connectivity index is 2.60. The molecule has 6 nitrogen and oxygen atoms in total. The lowest BCUT2D eigenvalue weighted by molar-refractivity contribution is 0.0522. The molecule has 2 heterocycles. The zero-order valence-corrected chi connectivity index (χ0v) is 12.2. The number of rotatable bonds is 5. The second-order valence-electron chi connectivity index (χ2n) is 4.77. The van der Waals surface area contributed by atoms with Crippen LogP contribution in [0.1, 0.15) is 48.6 Å². The van der Waals surface area contributed by atoms with E-state index in [4.69, 9.17) is 9.47 Å². The van der Waals surface area contributed by atoms with Gasteiger partial charge in [0.15, 0.2) is 11.3 Å². The third-order valence-corrected chi connectivity index (χ3v) is 2.94. The van der Waals surface area contributed by atoms with Crippen molar-refractivity contribution in [1.29, 1.82) is 0 Å². The zero-order chi connectivity index (χ0) is 14.7. The molecule has 6 heteroatoms. The van der Waals surface area contributed by atoms with Crippen LogP contribution in [0.2, 0.25) is 0 Å². The third-order valence-electron chi connectivity index (χ3n) is 2.94. The minimum Gasteiger partial charge on any atom is -0.461 e. The Morgan fingerprint density at radius 2 is 2.20 bits per heavy atom. The van der Waals surface area contributed by atoms with E-state index < -0.39 is 5.97 Å². The van der Waals surface area contributed by atoms with Crippen LogP contribution in [-0.4, -0.2) is 34.1 Å². The van der Waals surface area contributed by atoms with Crippen LogP contribution in [0.4, 0.5) is 0 Å². The fourth-order valence-electron chi connectivity index (χ4n) is 2.06. The van der Waals surface area contributed by atoms with Crippen LogP contribution in [-0.2, 0) is 16.1 Å². The number of ether oxygens (including phenoxy) is 2. The van der Waals surface area contributed by atoms with Crippen LogP contribution in [0.25, 0.3) is 5.65 Å². The molecule has 0 saturated heterocycles. The van der Waals surface area contributed by atoms with Gasteiger partial charge in [0.25, 0.3) is 0 Å². The highest BCUT2D eigenvalue weighted by Gasteiger charge is 2.19. The highest BCUT2D eigenvalue weighted by atomic mass is 16.5. The summed E-state index contributed by atoms with van der Waals surface area (Å²) in [5, 5.41) is 0. The van der Waals surface area contributed by atoms with E-state index in [1.807, 2.05) is 10.5 Å². The van der Waals surface area contributed by atoms with Crippen molar-refractivity contribution in [1.82, 2.24) is 14.4 Å². The van der Waals surface area contributed by atoms with Crippen molar-refractivity contribution in [3.05, 3.63) is 29.5 Å². The Morgan fingerprint density at radius 1 is 1.45 bits per heavy atom. The molecule has 0 aliphatic rings. The number of fused-ring (bicyclic) bond motifs is 1. The van der Waals surface area contributed by atoms with Gasteiger partial charge in [0.2, 0.25) is 0 Å². The van der Waals surface area contributed by atoms with Gasteiger partial charge in [0.1, 0.15) is 6.33 Å². The van der Waals surface area contributed by atoms with Gasteiger partial charge in [0, 0.05) is 12.8 Å². The molecule has 0 saturated carbocycles. The van der Waals surface area contributed by atoms with E-state index in [1.165, 1.54) is 0 Å². The Kier molecular flexibility index (Phi) is 4.34. The minimum atomic E-state index is -0.452. The first-order valence-corrected chi connectivity index (χ1v) is 6.61. The number of nitrogens with zero attached hydrogens (tertiary/aromatic N) is 3. The molecule has 0 aromatic carbocycles. The number of hydrogen-bond donors (Lipinski definition) is 0. The summed E-state index contributed by atoms with van der Waals surface area (Å²) in [6.45, 7) is 6.63. The molecule has 2 rings (SSSR count). The Bertz CT molecular complexity index is 619. The quantitative estimate of drug-likeness (QED) is 0.784. The molecule has 20 heavy (non-hydrogen) atoms. The number of methoxy groups -OCH3 is 1. The lowest BCUT2D eigenvalue weighted by Crippen LogP contribution is -2.09. The number of aromatic nitrogens is 3. The third kappa shape index (κ3) is 2.65. The summed E-state index contributed by atoms with van der Waals surface area (Å²) in [5.74, 6) is -0.174. The van der Waals surface area contributed by atoms with Crippen molar-refractivity contribution in [3.63, 3.8) is 0 Å². The average molecular weight is 277 g/mol. The van der Waals surface area contributed by atoms with Gasteiger partial charge in [-0.05, 0) is 18.9 Å². The molecular formula is C14H19N3O3. The van der Waals surface area contributed by atoms with Crippen molar-refractivity contribution in [3.8, 4) is 0 Å². The Labute approximate surface area is 117 Å². The van der Waals surface area contributed by atoms with Gasteiger partial charge in [-0.1, -0.05) is 13.8 Å². The van der Waals surface area contributed by atoms with Crippen molar-refractivity contribution >= 4 is 11.6 Å². The van der Waals surface area contributed by atoms with Crippen molar-refractivity contribution in [2.75, 3.05) is 13.7 Å². The number of carbonyl (C=O) groups excluding carboxylic acids is 1. The van der Waals surface area contributed by atoms with E-state index in [2.05, 4.69) is 23.8 Å². The predicted octanol–water partition coefficient (Wildman–Crippen LogP) is 2.18. The van der Waals surface area contributed by atoms with Gasteiger partial charge in [-0.2, -0.15) is 0 Å². The molecule has 0 radical (unpaired) electrons. The van der Waals surface area contributed by atoms with Gasteiger partial charge in [0.05, 0.1) is 18.9 Å². The molecule has 2 aromatic heterocycles. The lowest BCUT2D eigenvalue weighted by Gasteiger charge is -2.11. The van der Waals surface area contributed by atoms with Crippen LogP contribution in [0, 0.1) is 0 Å². The number of carbonyl (C=O) groups is 1. The first-order valence-electron chi connectivity index (χ1n) is 6.61. The molecule has 0 amide bonds. The molecule has 2 aromatic rings. The molecule has 0 N–H and O–H groups in total. The summed E-state index contributed by atoms with van der Waals surface area (Å²) in [6, 6.07) is 1.97. The maximum absolute atomic E-state index is 11.9. The molecule has 108 valence electrons. The molecule has 0 unspecified atom stereocenters. The summed E-state index contributed by atoms with van der Waals surface area (Å²) in [5.41, 5.74) is 2.56. The lowest BCUT2D eigenvalue weighted by atomic mass is 10.1. The van der Waals surface area contributed by atoms with E-state index >= 15 is 0 Å². The van der Waals surface area contributed by atoms with Gasteiger partial charge in [-0.3, -0.25) is 4.40 Å². The van der Waals surface area contributed by atoms with E-state index in [9.17, 15) is 4.79 Å². The highest BCUT2D eigenvalue weighted by Crippen LogP contribution is 2.20. The topological polar surface area (TPSA) is 65.7 Å². The molecule has 0 aliphatic carbocycles. The molecule has 0 fully saturated rings. The molecule has 0 atom stereocenters. The largest absolute Gasteiger partial charge is 0.461 e. The van der Waals surface area contributed by atoms with Crippen molar-refractivity contribution in [2.45, 2.75) is 33.3 Å².